The number of tetrazole rings is 1. The van der Waals surface area contributed by atoms with E-state index in [2.05, 4.69) is 27.1 Å². The van der Waals surface area contributed by atoms with E-state index in [0.717, 1.165) is 12.8 Å². The zero-order valence-corrected chi connectivity index (χ0v) is 20.1. The Hall–Kier alpha value is -2.83. The van der Waals surface area contributed by atoms with Gasteiger partial charge in [0.15, 0.2) is 0 Å². The zero-order valence-electron chi connectivity index (χ0n) is 18.4. The lowest BCUT2D eigenvalue weighted by Gasteiger charge is -2.29. The van der Waals surface area contributed by atoms with Gasteiger partial charge in [0.2, 0.25) is 15.8 Å². The number of sulfonamides is 2. The molecule has 1 fully saturated rings. The van der Waals surface area contributed by atoms with Gasteiger partial charge in [-0.2, -0.15) is 9.10 Å². The molecule has 1 saturated heterocycles. The first-order valence-electron chi connectivity index (χ1n) is 10.7. The molecule has 2 aromatic carbocycles. The van der Waals surface area contributed by atoms with Crippen molar-refractivity contribution in [2.24, 2.45) is 5.92 Å². The van der Waals surface area contributed by atoms with Gasteiger partial charge in [-0.3, -0.25) is 4.72 Å². The van der Waals surface area contributed by atoms with Crippen LogP contribution in [0.1, 0.15) is 26.7 Å². The number of rotatable bonds is 7. The number of nitrogens with one attached hydrogen (secondary N) is 1. The quantitative estimate of drug-likeness (QED) is 0.539. The third kappa shape index (κ3) is 4.92. The molecule has 1 aromatic heterocycles. The highest BCUT2D eigenvalue weighted by Gasteiger charge is 2.28. The largest absolute Gasteiger partial charge is 0.279 e. The molecule has 0 spiro atoms. The van der Waals surface area contributed by atoms with Crippen molar-refractivity contribution >= 4 is 25.7 Å². The maximum Gasteiger partial charge on any atom is 0.261 e. The van der Waals surface area contributed by atoms with Crippen LogP contribution >= 0.6 is 0 Å². The topological polar surface area (TPSA) is 127 Å². The van der Waals surface area contributed by atoms with E-state index >= 15 is 0 Å². The van der Waals surface area contributed by atoms with Crippen LogP contribution < -0.4 is 4.72 Å². The van der Waals surface area contributed by atoms with Crippen LogP contribution in [0.15, 0.2) is 58.3 Å². The number of aryl methyl sites for hydroxylation is 1. The molecule has 1 N–H and O–H groups in total. The minimum atomic E-state index is -3.98. The number of para-hydroxylation sites is 1. The maximum absolute atomic E-state index is 13.0. The van der Waals surface area contributed by atoms with Crippen LogP contribution in [0.25, 0.3) is 11.4 Å². The molecule has 1 aliphatic rings. The molecule has 0 radical (unpaired) electrons. The number of hydrogen-bond donors (Lipinski definition) is 1. The van der Waals surface area contributed by atoms with Gasteiger partial charge in [0.25, 0.3) is 10.0 Å². The molecule has 1 aliphatic heterocycles. The Kier molecular flexibility index (Phi) is 6.50. The molecule has 0 saturated carbocycles. The lowest BCUT2D eigenvalue weighted by Crippen LogP contribution is -2.37. The lowest BCUT2D eigenvalue weighted by atomic mass is 10.0. The van der Waals surface area contributed by atoms with Gasteiger partial charge in [-0.15, -0.1) is 10.2 Å². The predicted octanol–water partition coefficient (Wildman–Crippen LogP) is 2.58. The van der Waals surface area contributed by atoms with Crippen molar-refractivity contribution in [3.63, 3.8) is 0 Å². The van der Waals surface area contributed by atoms with Gasteiger partial charge in [0.1, 0.15) is 0 Å². The smallest absolute Gasteiger partial charge is 0.261 e. The summed E-state index contributed by atoms with van der Waals surface area (Å²) in [4.78, 5) is 1.44. The molecule has 176 valence electrons. The fourth-order valence-corrected chi connectivity index (χ4v) is 6.17. The predicted molar refractivity (Wildman–Crippen MR) is 123 cm³/mol. The van der Waals surface area contributed by atoms with Crippen LogP contribution in [0, 0.1) is 5.92 Å². The molecule has 0 atom stereocenters. The highest BCUT2D eigenvalue weighted by Crippen LogP contribution is 2.28. The second-order valence-electron chi connectivity index (χ2n) is 8.01. The first kappa shape index (κ1) is 23.3. The van der Waals surface area contributed by atoms with Crippen LogP contribution in [0.3, 0.4) is 0 Å². The summed E-state index contributed by atoms with van der Waals surface area (Å²) in [5, 5.41) is 12.1. The van der Waals surface area contributed by atoms with Crippen molar-refractivity contribution in [1.82, 2.24) is 24.5 Å². The lowest BCUT2D eigenvalue weighted by molar-refractivity contribution is 0.288. The number of benzene rings is 2. The standard InChI is InChI=1S/C21H26N6O4S2/c1-3-27-23-21(22-25-27)19-6-4-5-7-20(19)24-32(28,29)17-8-10-18(11-9-17)33(30,31)26-14-12-16(2)13-15-26/h4-11,16,24H,3,12-15H2,1-2H3. The monoisotopic (exact) mass is 490 g/mol. The summed E-state index contributed by atoms with van der Waals surface area (Å²) < 4.78 is 55.9. The van der Waals surface area contributed by atoms with Crippen molar-refractivity contribution in [2.75, 3.05) is 17.8 Å². The van der Waals surface area contributed by atoms with Crippen molar-refractivity contribution in [1.29, 1.82) is 0 Å². The zero-order chi connectivity index (χ0) is 23.6. The van der Waals surface area contributed by atoms with E-state index in [1.807, 2.05) is 6.92 Å². The van der Waals surface area contributed by atoms with E-state index < -0.39 is 20.0 Å². The van der Waals surface area contributed by atoms with Gasteiger partial charge < -0.3 is 0 Å². The molecular weight excluding hydrogens is 464 g/mol. The summed E-state index contributed by atoms with van der Waals surface area (Å²) in [6.07, 6.45) is 1.63. The molecule has 4 rings (SSSR count). The molecule has 0 unspecified atom stereocenters. The Morgan fingerprint density at radius 2 is 1.61 bits per heavy atom. The Morgan fingerprint density at radius 3 is 2.24 bits per heavy atom. The highest BCUT2D eigenvalue weighted by molar-refractivity contribution is 7.92. The summed E-state index contributed by atoms with van der Waals surface area (Å²) in [6, 6.07) is 12.0. The van der Waals surface area contributed by atoms with Crippen molar-refractivity contribution in [3.05, 3.63) is 48.5 Å². The van der Waals surface area contributed by atoms with Gasteiger partial charge in [-0.1, -0.05) is 19.1 Å². The first-order chi connectivity index (χ1) is 15.7. The van der Waals surface area contributed by atoms with Crippen LogP contribution in [0.4, 0.5) is 5.69 Å². The third-order valence-corrected chi connectivity index (χ3v) is 8.96. The molecule has 0 bridgehead atoms. The molecular formula is C21H26N6O4S2. The van der Waals surface area contributed by atoms with E-state index in [1.54, 1.807) is 24.3 Å². The molecule has 0 aliphatic carbocycles. The van der Waals surface area contributed by atoms with Gasteiger partial charge in [-0.05, 0) is 67.3 Å². The fourth-order valence-electron chi connectivity index (χ4n) is 3.62. The minimum Gasteiger partial charge on any atom is -0.279 e. The molecule has 33 heavy (non-hydrogen) atoms. The fraction of sp³-hybridized carbons (Fsp3) is 0.381. The average molecular weight is 491 g/mol. The summed E-state index contributed by atoms with van der Waals surface area (Å²) in [5.41, 5.74) is 0.784. The summed E-state index contributed by atoms with van der Waals surface area (Å²) in [7, 11) is -7.64. The number of anilines is 1. The SMILES string of the molecule is CCn1nnc(-c2ccccc2NS(=O)(=O)c2ccc(S(=O)(=O)N3CCC(C)CC3)cc2)n1. The van der Waals surface area contributed by atoms with Crippen molar-refractivity contribution in [2.45, 2.75) is 43.0 Å². The van der Waals surface area contributed by atoms with Crippen molar-refractivity contribution < 1.29 is 16.8 Å². The molecule has 2 heterocycles. The molecule has 12 heteroatoms. The normalized spacial score (nSPS) is 16.1. The number of aromatic nitrogens is 4. The molecule has 10 nitrogen and oxygen atoms in total. The summed E-state index contributed by atoms with van der Waals surface area (Å²) in [6.45, 7) is 5.45. The van der Waals surface area contributed by atoms with Crippen LogP contribution in [-0.4, -0.2) is 54.4 Å². The minimum absolute atomic E-state index is 0.0475. The van der Waals surface area contributed by atoms with Gasteiger partial charge in [-0.25, -0.2) is 16.8 Å². The van der Waals surface area contributed by atoms with E-state index in [1.165, 1.54) is 33.4 Å². The Labute approximate surface area is 193 Å². The average Bonchev–Trinajstić information content (AvgIpc) is 3.29. The van der Waals surface area contributed by atoms with E-state index in [-0.39, 0.29) is 9.79 Å². The van der Waals surface area contributed by atoms with Gasteiger partial charge in [0, 0.05) is 18.7 Å². The second kappa shape index (κ2) is 9.20. The van der Waals surface area contributed by atoms with Gasteiger partial charge in [0.05, 0.1) is 22.0 Å². The molecule has 0 amide bonds. The number of nitrogens with zero attached hydrogens (tertiary/aromatic N) is 5. The highest BCUT2D eigenvalue weighted by atomic mass is 32.2. The second-order valence-corrected chi connectivity index (χ2v) is 11.6. The maximum atomic E-state index is 13.0. The number of piperidine rings is 1. The van der Waals surface area contributed by atoms with Crippen LogP contribution in [0.5, 0.6) is 0 Å². The van der Waals surface area contributed by atoms with Crippen molar-refractivity contribution in [3.8, 4) is 11.4 Å². The first-order valence-corrected chi connectivity index (χ1v) is 13.6. The van der Waals surface area contributed by atoms with E-state index in [4.69, 9.17) is 0 Å². The Morgan fingerprint density at radius 1 is 0.970 bits per heavy atom. The van der Waals surface area contributed by atoms with Crippen LogP contribution in [-0.2, 0) is 26.6 Å². The third-order valence-electron chi connectivity index (χ3n) is 5.66. The number of hydrogen-bond acceptors (Lipinski definition) is 7. The Balaban J connectivity index is 1.57. The Bertz CT molecular complexity index is 1330. The van der Waals surface area contributed by atoms with E-state index in [9.17, 15) is 16.8 Å². The summed E-state index contributed by atoms with van der Waals surface area (Å²) in [5.74, 6) is 0.798. The van der Waals surface area contributed by atoms with Gasteiger partial charge >= 0.3 is 0 Å². The summed E-state index contributed by atoms with van der Waals surface area (Å²) >= 11 is 0. The molecule has 3 aromatic rings. The van der Waals surface area contributed by atoms with Crippen LogP contribution in [0.2, 0.25) is 0 Å². The van der Waals surface area contributed by atoms with E-state index in [0.29, 0.717) is 42.6 Å².